The molecule has 6 nitrogen and oxygen atoms in total. The predicted octanol–water partition coefficient (Wildman–Crippen LogP) is 0.497. The minimum Gasteiger partial charge on any atom is -0.379 e. The van der Waals surface area contributed by atoms with E-state index in [0.717, 1.165) is 31.5 Å². The van der Waals surface area contributed by atoms with Crippen LogP contribution in [0.15, 0.2) is 18.5 Å². The zero-order valence-electron chi connectivity index (χ0n) is 11.0. The molecular formula is C12H20N3O3P. The highest BCUT2D eigenvalue weighted by molar-refractivity contribution is 7.67. The Morgan fingerprint density at radius 2 is 1.53 bits per heavy atom. The molecule has 0 saturated carbocycles. The molecule has 3 heterocycles. The fourth-order valence-corrected chi connectivity index (χ4v) is 5.58. The molecule has 2 aliphatic rings. The van der Waals surface area contributed by atoms with Crippen LogP contribution in [-0.4, -0.2) is 66.9 Å². The molecule has 2 aliphatic heterocycles. The molecule has 2 saturated heterocycles. The first-order chi connectivity index (χ1) is 9.32. The van der Waals surface area contributed by atoms with Crippen LogP contribution in [0.4, 0.5) is 0 Å². The quantitative estimate of drug-likeness (QED) is 0.820. The lowest BCUT2D eigenvalue weighted by atomic mass is 10.5. The van der Waals surface area contributed by atoms with Crippen LogP contribution in [0.1, 0.15) is 0 Å². The van der Waals surface area contributed by atoms with Crippen LogP contribution in [0.25, 0.3) is 0 Å². The summed E-state index contributed by atoms with van der Waals surface area (Å²) in [4.78, 5) is 3.03. The van der Waals surface area contributed by atoms with Gasteiger partial charge in [-0.2, -0.15) is 0 Å². The number of rotatable bonds is 3. The van der Waals surface area contributed by atoms with Crippen molar-refractivity contribution in [2.45, 2.75) is 0 Å². The topological polar surface area (TPSA) is 57.8 Å². The van der Waals surface area contributed by atoms with Crippen molar-refractivity contribution in [2.75, 3.05) is 52.6 Å². The average Bonchev–Trinajstić information content (AvgIpc) is 3.03. The molecule has 0 radical (unpaired) electrons. The monoisotopic (exact) mass is 285 g/mol. The van der Waals surface area contributed by atoms with Gasteiger partial charge in [-0.15, -0.1) is 0 Å². The zero-order valence-corrected chi connectivity index (χ0v) is 11.8. The fourth-order valence-electron chi connectivity index (χ4n) is 2.65. The van der Waals surface area contributed by atoms with E-state index >= 15 is 0 Å². The summed E-state index contributed by atoms with van der Waals surface area (Å²) in [5.74, 6) is 0. The molecule has 1 aromatic rings. The number of hydrogen-bond acceptors (Lipinski definition) is 3. The van der Waals surface area contributed by atoms with Gasteiger partial charge in [-0.1, -0.05) is 0 Å². The van der Waals surface area contributed by atoms with E-state index in [-0.39, 0.29) is 0 Å². The van der Waals surface area contributed by atoms with E-state index in [1.165, 1.54) is 0 Å². The molecule has 0 bridgehead atoms. The van der Waals surface area contributed by atoms with E-state index in [1.807, 2.05) is 18.5 Å². The van der Waals surface area contributed by atoms with Crippen molar-refractivity contribution in [1.29, 1.82) is 0 Å². The first kappa shape index (κ1) is 13.3. The summed E-state index contributed by atoms with van der Waals surface area (Å²) in [6.07, 6.45) is 3.69. The molecule has 1 N–H and O–H groups in total. The summed E-state index contributed by atoms with van der Waals surface area (Å²) in [7, 11) is -2.70. The Bertz CT molecular complexity index is 417. The Balaban J connectivity index is 1.92. The minimum atomic E-state index is -2.70. The number of morpholine rings is 2. The second-order valence-electron chi connectivity index (χ2n) is 4.75. The first-order valence-corrected chi connectivity index (χ1v) is 8.33. The Labute approximate surface area is 113 Å². The van der Waals surface area contributed by atoms with Gasteiger partial charge < -0.3 is 14.5 Å². The largest absolute Gasteiger partial charge is 0.379 e. The molecular weight excluding hydrogens is 265 g/mol. The van der Waals surface area contributed by atoms with Crippen molar-refractivity contribution >= 4 is 12.7 Å². The standard InChI is InChI=1S/C12H20N3O3P/c16-19(12-1-2-13-11-12,14-3-7-17-8-4-14)15-5-9-18-10-6-15/h1-2,11,13H,3-10H2. The Morgan fingerprint density at radius 3 is 1.95 bits per heavy atom. The van der Waals surface area contributed by atoms with E-state index in [1.54, 1.807) is 0 Å². The number of aromatic amines is 1. The van der Waals surface area contributed by atoms with Crippen LogP contribution in [0.3, 0.4) is 0 Å². The SMILES string of the molecule is O=P(c1cc[nH]c1)(N1CCOCC1)N1CCOCC1. The van der Waals surface area contributed by atoms with E-state index < -0.39 is 7.44 Å². The van der Waals surface area contributed by atoms with Gasteiger partial charge in [0.15, 0.2) is 0 Å². The summed E-state index contributed by atoms with van der Waals surface area (Å²) in [5.41, 5.74) is 0. The molecule has 7 heteroatoms. The Morgan fingerprint density at radius 1 is 1.00 bits per heavy atom. The third-order valence-corrected chi connectivity index (χ3v) is 6.94. The normalized spacial score (nSPS) is 23.6. The van der Waals surface area contributed by atoms with Crippen molar-refractivity contribution in [3.8, 4) is 0 Å². The van der Waals surface area contributed by atoms with Crippen LogP contribution in [0.5, 0.6) is 0 Å². The van der Waals surface area contributed by atoms with Crippen molar-refractivity contribution < 1.29 is 14.0 Å². The summed E-state index contributed by atoms with van der Waals surface area (Å²) in [5, 5.41) is 0.885. The minimum absolute atomic E-state index is 0.652. The highest BCUT2D eigenvalue weighted by Crippen LogP contribution is 2.52. The third kappa shape index (κ3) is 2.51. The lowest BCUT2D eigenvalue weighted by molar-refractivity contribution is 0.0538. The van der Waals surface area contributed by atoms with Crippen LogP contribution in [-0.2, 0) is 14.0 Å². The molecule has 0 aromatic carbocycles. The number of nitrogens with zero attached hydrogens (tertiary/aromatic N) is 2. The zero-order chi connectivity index (χ0) is 13.1. The summed E-state index contributed by atoms with van der Waals surface area (Å²) >= 11 is 0. The Kier molecular flexibility index (Phi) is 4.05. The van der Waals surface area contributed by atoms with Gasteiger partial charge in [0.1, 0.15) is 0 Å². The fraction of sp³-hybridized carbons (Fsp3) is 0.667. The van der Waals surface area contributed by atoms with Crippen molar-refractivity contribution in [1.82, 2.24) is 14.3 Å². The molecule has 2 fully saturated rings. The lowest BCUT2D eigenvalue weighted by Crippen LogP contribution is -2.46. The summed E-state index contributed by atoms with van der Waals surface area (Å²) in [6.45, 7) is 5.49. The van der Waals surface area contributed by atoms with Gasteiger partial charge in [-0.25, -0.2) is 9.34 Å². The molecule has 0 spiro atoms. The van der Waals surface area contributed by atoms with E-state index in [2.05, 4.69) is 14.3 Å². The van der Waals surface area contributed by atoms with Gasteiger partial charge in [0.05, 0.1) is 31.7 Å². The number of H-pyrrole nitrogens is 1. The van der Waals surface area contributed by atoms with Crippen molar-refractivity contribution in [2.24, 2.45) is 0 Å². The number of nitrogens with one attached hydrogen (secondary N) is 1. The highest BCUT2D eigenvalue weighted by atomic mass is 31.2. The number of ether oxygens (including phenoxy) is 2. The third-order valence-electron chi connectivity index (χ3n) is 3.66. The first-order valence-electron chi connectivity index (χ1n) is 6.71. The maximum absolute atomic E-state index is 13.7. The van der Waals surface area contributed by atoms with Gasteiger partial charge in [-0.05, 0) is 6.07 Å². The van der Waals surface area contributed by atoms with E-state index in [4.69, 9.17) is 9.47 Å². The molecule has 0 amide bonds. The molecule has 19 heavy (non-hydrogen) atoms. The van der Waals surface area contributed by atoms with E-state index in [9.17, 15) is 4.57 Å². The van der Waals surface area contributed by atoms with Crippen molar-refractivity contribution in [3.05, 3.63) is 18.5 Å². The number of aromatic nitrogens is 1. The van der Waals surface area contributed by atoms with Gasteiger partial charge in [0.25, 0.3) is 0 Å². The molecule has 1 aromatic heterocycles. The molecule has 0 unspecified atom stereocenters. The number of hydrogen-bond donors (Lipinski definition) is 1. The summed E-state index contributed by atoms with van der Waals surface area (Å²) in [6, 6.07) is 1.92. The van der Waals surface area contributed by atoms with Crippen molar-refractivity contribution in [3.63, 3.8) is 0 Å². The second kappa shape index (κ2) is 5.77. The van der Waals surface area contributed by atoms with E-state index in [0.29, 0.717) is 26.4 Å². The van der Waals surface area contributed by atoms with Gasteiger partial charge >= 0.3 is 0 Å². The molecule has 0 aliphatic carbocycles. The van der Waals surface area contributed by atoms with Gasteiger partial charge in [-0.3, -0.25) is 4.57 Å². The smallest absolute Gasteiger partial charge is 0.247 e. The lowest BCUT2D eigenvalue weighted by Gasteiger charge is -2.41. The Hall–Kier alpha value is -0.650. The van der Waals surface area contributed by atoms with Gasteiger partial charge in [0, 0.05) is 38.6 Å². The predicted molar refractivity (Wildman–Crippen MR) is 72.8 cm³/mol. The van der Waals surface area contributed by atoms with Crippen LogP contribution in [0, 0.1) is 0 Å². The van der Waals surface area contributed by atoms with Gasteiger partial charge in [0.2, 0.25) is 7.44 Å². The molecule has 106 valence electrons. The molecule has 0 atom stereocenters. The molecule has 3 rings (SSSR count). The van der Waals surface area contributed by atoms with Crippen LogP contribution in [0.2, 0.25) is 0 Å². The van der Waals surface area contributed by atoms with Crippen LogP contribution >= 0.6 is 7.44 Å². The maximum atomic E-state index is 13.7. The average molecular weight is 285 g/mol. The van der Waals surface area contributed by atoms with Crippen LogP contribution < -0.4 is 5.30 Å². The summed E-state index contributed by atoms with van der Waals surface area (Å²) < 4.78 is 28.7. The second-order valence-corrected chi connectivity index (χ2v) is 7.48. The highest BCUT2D eigenvalue weighted by Gasteiger charge is 2.40. The maximum Gasteiger partial charge on any atom is 0.247 e.